The number of aryl methyl sites for hydroxylation is 1. The third-order valence-electron chi connectivity index (χ3n) is 3.04. The van der Waals surface area contributed by atoms with Crippen LogP contribution >= 0.6 is 0 Å². The van der Waals surface area contributed by atoms with E-state index in [9.17, 15) is 12.8 Å². The van der Waals surface area contributed by atoms with Crippen molar-refractivity contribution in [1.29, 1.82) is 5.26 Å². The van der Waals surface area contributed by atoms with Crippen LogP contribution in [0.25, 0.3) is 0 Å². The first kappa shape index (κ1) is 15.2. The molecule has 0 aliphatic rings. The number of hydrogen-bond donors (Lipinski definition) is 1. The van der Waals surface area contributed by atoms with E-state index in [0.29, 0.717) is 11.1 Å². The predicted molar refractivity (Wildman–Crippen MR) is 76.3 cm³/mol. The van der Waals surface area contributed by atoms with Gasteiger partial charge in [-0.2, -0.15) is 5.26 Å². The molecule has 0 bridgehead atoms. The van der Waals surface area contributed by atoms with E-state index in [-0.39, 0.29) is 17.0 Å². The summed E-state index contributed by atoms with van der Waals surface area (Å²) in [6.07, 6.45) is 0. The monoisotopic (exact) mass is 304 g/mol. The number of nitriles is 1. The van der Waals surface area contributed by atoms with E-state index in [1.165, 1.54) is 36.4 Å². The van der Waals surface area contributed by atoms with Crippen LogP contribution in [0.5, 0.6) is 0 Å². The fourth-order valence-corrected chi connectivity index (χ4v) is 2.92. The van der Waals surface area contributed by atoms with E-state index in [4.69, 9.17) is 5.26 Å². The summed E-state index contributed by atoms with van der Waals surface area (Å²) in [4.78, 5) is 0.0512. The molecule has 0 saturated heterocycles. The number of hydrogen-bond acceptors (Lipinski definition) is 3. The molecule has 0 amide bonds. The molecule has 0 aliphatic heterocycles. The smallest absolute Gasteiger partial charge is 0.207 e. The first-order valence-electron chi connectivity index (χ1n) is 6.18. The molecule has 4 nitrogen and oxygen atoms in total. The number of nitrogens with zero attached hydrogens (tertiary/aromatic N) is 1. The zero-order chi connectivity index (χ0) is 15.5. The van der Waals surface area contributed by atoms with Gasteiger partial charge in [-0.3, -0.25) is 0 Å². The van der Waals surface area contributed by atoms with Crippen molar-refractivity contribution < 1.29 is 12.8 Å². The summed E-state index contributed by atoms with van der Waals surface area (Å²) in [5, 5.41) is 8.84. The quantitative estimate of drug-likeness (QED) is 0.943. The number of sulfonamides is 1. The molecule has 0 atom stereocenters. The zero-order valence-corrected chi connectivity index (χ0v) is 12.1. The van der Waals surface area contributed by atoms with Gasteiger partial charge in [0.15, 0.2) is 0 Å². The molecule has 2 aromatic rings. The minimum atomic E-state index is -3.75. The number of benzene rings is 2. The van der Waals surface area contributed by atoms with Gasteiger partial charge in [-0.05, 0) is 36.8 Å². The molecule has 108 valence electrons. The van der Waals surface area contributed by atoms with Crippen LogP contribution in [0.1, 0.15) is 16.7 Å². The number of rotatable bonds is 4. The lowest BCUT2D eigenvalue weighted by atomic mass is 10.1. The van der Waals surface area contributed by atoms with Crippen molar-refractivity contribution in [1.82, 2.24) is 4.72 Å². The molecular formula is C15H13FN2O2S. The first-order chi connectivity index (χ1) is 9.94. The van der Waals surface area contributed by atoms with Gasteiger partial charge in [0.2, 0.25) is 10.0 Å². The predicted octanol–water partition coefficient (Wildman–Crippen LogP) is 2.48. The summed E-state index contributed by atoms with van der Waals surface area (Å²) >= 11 is 0. The molecule has 2 aromatic carbocycles. The highest BCUT2D eigenvalue weighted by atomic mass is 32.2. The van der Waals surface area contributed by atoms with Crippen LogP contribution in [-0.4, -0.2) is 8.42 Å². The van der Waals surface area contributed by atoms with Crippen molar-refractivity contribution >= 4 is 10.0 Å². The van der Waals surface area contributed by atoms with Crippen molar-refractivity contribution in [2.75, 3.05) is 0 Å². The summed E-state index contributed by atoms with van der Waals surface area (Å²) in [7, 11) is -3.75. The second-order valence-electron chi connectivity index (χ2n) is 4.50. The topological polar surface area (TPSA) is 70.0 Å². The Labute approximate surface area is 122 Å². The maximum atomic E-state index is 13.5. The molecule has 2 rings (SSSR count). The van der Waals surface area contributed by atoms with Gasteiger partial charge >= 0.3 is 0 Å². The van der Waals surface area contributed by atoms with Crippen LogP contribution in [0.3, 0.4) is 0 Å². The van der Waals surface area contributed by atoms with Crippen molar-refractivity contribution in [2.24, 2.45) is 0 Å². The Kier molecular flexibility index (Phi) is 4.36. The van der Waals surface area contributed by atoms with Gasteiger partial charge in [-0.15, -0.1) is 0 Å². The zero-order valence-electron chi connectivity index (χ0n) is 11.3. The van der Waals surface area contributed by atoms with Crippen molar-refractivity contribution in [2.45, 2.75) is 18.4 Å². The highest BCUT2D eigenvalue weighted by Crippen LogP contribution is 2.15. The van der Waals surface area contributed by atoms with Crippen LogP contribution in [-0.2, 0) is 16.6 Å². The molecule has 0 fully saturated rings. The van der Waals surface area contributed by atoms with Crippen LogP contribution in [0.4, 0.5) is 4.39 Å². The summed E-state index contributed by atoms with van der Waals surface area (Å²) in [6.45, 7) is 1.53. The Morgan fingerprint density at radius 3 is 2.57 bits per heavy atom. The average molecular weight is 304 g/mol. The molecule has 0 unspecified atom stereocenters. The normalized spacial score (nSPS) is 11.1. The van der Waals surface area contributed by atoms with Crippen molar-refractivity contribution in [3.8, 4) is 6.07 Å². The molecular weight excluding hydrogens is 291 g/mol. The van der Waals surface area contributed by atoms with Gasteiger partial charge in [0.25, 0.3) is 0 Å². The van der Waals surface area contributed by atoms with Gasteiger partial charge in [0, 0.05) is 12.1 Å². The standard InChI is InChI=1S/C15H13FN2O2S/c1-11-8-14(7-6-12(11)9-17)21(19,20)18-10-13-4-2-3-5-15(13)16/h2-8,18H,10H2,1H3. The SMILES string of the molecule is Cc1cc(S(=O)(=O)NCc2ccccc2F)ccc1C#N. The lowest BCUT2D eigenvalue weighted by Gasteiger charge is -2.08. The Bertz CT molecular complexity index is 811. The van der Waals surface area contributed by atoms with E-state index >= 15 is 0 Å². The van der Waals surface area contributed by atoms with Gasteiger partial charge in [0.05, 0.1) is 16.5 Å². The van der Waals surface area contributed by atoms with Crippen molar-refractivity contribution in [3.05, 3.63) is 65.0 Å². The Morgan fingerprint density at radius 2 is 1.95 bits per heavy atom. The average Bonchev–Trinajstić information content (AvgIpc) is 2.46. The van der Waals surface area contributed by atoms with Gasteiger partial charge in [-0.25, -0.2) is 17.5 Å². The molecule has 0 spiro atoms. The van der Waals surface area contributed by atoms with Crippen molar-refractivity contribution in [3.63, 3.8) is 0 Å². The molecule has 1 N–H and O–H groups in total. The lowest BCUT2D eigenvalue weighted by molar-refractivity contribution is 0.574. The number of halogens is 1. The molecule has 0 saturated carbocycles. The van der Waals surface area contributed by atoms with E-state index < -0.39 is 15.8 Å². The second kappa shape index (κ2) is 6.04. The summed E-state index contributed by atoms with van der Waals surface area (Å²) < 4.78 is 40.1. The summed E-state index contributed by atoms with van der Waals surface area (Å²) in [6, 6.07) is 12.2. The molecule has 0 heterocycles. The van der Waals surface area contributed by atoms with Crippen LogP contribution in [0.2, 0.25) is 0 Å². The first-order valence-corrected chi connectivity index (χ1v) is 7.66. The fraction of sp³-hybridized carbons (Fsp3) is 0.133. The van der Waals surface area contributed by atoms with Gasteiger partial charge in [-0.1, -0.05) is 18.2 Å². The lowest BCUT2D eigenvalue weighted by Crippen LogP contribution is -2.23. The highest BCUT2D eigenvalue weighted by Gasteiger charge is 2.15. The number of nitrogens with one attached hydrogen (secondary N) is 1. The Hall–Kier alpha value is -2.23. The van der Waals surface area contributed by atoms with Crippen LogP contribution in [0.15, 0.2) is 47.4 Å². The summed E-state index contributed by atoms with van der Waals surface area (Å²) in [5.74, 6) is -0.462. The minimum Gasteiger partial charge on any atom is -0.207 e. The highest BCUT2D eigenvalue weighted by molar-refractivity contribution is 7.89. The van der Waals surface area contributed by atoms with Crippen LogP contribution < -0.4 is 4.72 Å². The third kappa shape index (κ3) is 3.45. The largest absolute Gasteiger partial charge is 0.240 e. The third-order valence-corrected chi connectivity index (χ3v) is 4.44. The minimum absolute atomic E-state index is 0.0512. The van der Waals surface area contributed by atoms with E-state index in [1.807, 2.05) is 6.07 Å². The maximum absolute atomic E-state index is 13.5. The summed E-state index contributed by atoms with van der Waals surface area (Å²) in [5.41, 5.74) is 1.26. The van der Waals surface area contributed by atoms with E-state index in [0.717, 1.165) is 0 Å². The fourth-order valence-electron chi connectivity index (χ4n) is 1.83. The molecule has 0 radical (unpaired) electrons. The Balaban J connectivity index is 2.21. The van der Waals surface area contributed by atoms with Crippen LogP contribution in [0, 0.1) is 24.1 Å². The Morgan fingerprint density at radius 1 is 1.24 bits per heavy atom. The molecule has 0 aromatic heterocycles. The van der Waals surface area contributed by atoms with E-state index in [1.54, 1.807) is 13.0 Å². The molecule has 21 heavy (non-hydrogen) atoms. The van der Waals surface area contributed by atoms with Gasteiger partial charge < -0.3 is 0 Å². The molecule has 6 heteroatoms. The maximum Gasteiger partial charge on any atom is 0.240 e. The van der Waals surface area contributed by atoms with Gasteiger partial charge in [0.1, 0.15) is 5.82 Å². The second-order valence-corrected chi connectivity index (χ2v) is 6.27. The molecule has 0 aliphatic carbocycles. The van der Waals surface area contributed by atoms with E-state index in [2.05, 4.69) is 4.72 Å².